The number of rotatable bonds is 10. The summed E-state index contributed by atoms with van der Waals surface area (Å²) in [5, 5.41) is 10.9. The molecule has 0 aliphatic rings. The lowest BCUT2D eigenvalue weighted by Gasteiger charge is -2.28. The molecule has 3 aromatic carbocycles. The molecule has 3 aromatic rings. The van der Waals surface area contributed by atoms with Crippen molar-refractivity contribution in [2.24, 2.45) is 3.21 Å². The molecule has 9 heteroatoms. The van der Waals surface area contributed by atoms with E-state index in [2.05, 4.69) is 3.21 Å². The minimum Gasteiger partial charge on any atom is -0.459 e. The van der Waals surface area contributed by atoms with Crippen LogP contribution in [-0.4, -0.2) is 54.1 Å². The van der Waals surface area contributed by atoms with E-state index in [0.29, 0.717) is 5.56 Å². The van der Waals surface area contributed by atoms with Crippen molar-refractivity contribution in [3.8, 4) is 0 Å². The Morgan fingerprint density at radius 3 is 1.63 bits per heavy atom. The molecule has 180 valence electrons. The molecule has 1 N–H and O–H groups in total. The van der Waals surface area contributed by atoms with Gasteiger partial charge in [-0.25, -0.2) is 17.6 Å². The Labute approximate surface area is 216 Å². The predicted molar refractivity (Wildman–Crippen MR) is 137 cm³/mol. The summed E-state index contributed by atoms with van der Waals surface area (Å²) in [6.07, 6.45) is -2.99. The van der Waals surface area contributed by atoms with Crippen LogP contribution < -0.4 is 0 Å². The zero-order chi connectivity index (χ0) is 25.0. The van der Waals surface area contributed by atoms with Gasteiger partial charge in [-0.05, 0) is 36.4 Å². The third-order valence-corrected chi connectivity index (χ3v) is 5.13. The number of carbonyl (C=O) groups excluding carboxylic acids is 3. The van der Waals surface area contributed by atoms with Crippen LogP contribution in [0.5, 0.6) is 0 Å². The highest BCUT2D eigenvalue weighted by Gasteiger charge is 2.35. The van der Waals surface area contributed by atoms with Gasteiger partial charge in [-0.1, -0.05) is 54.6 Å². The van der Waals surface area contributed by atoms with Crippen molar-refractivity contribution in [1.82, 2.24) is 0 Å². The maximum atomic E-state index is 12.8. The topological polar surface area (TPSA) is 111 Å². The van der Waals surface area contributed by atoms with Gasteiger partial charge in [0.15, 0.2) is 12.2 Å². The number of aliphatic hydroxyl groups excluding tert-OH is 1. The SMILES string of the molecule is O=C(OC[C@H](O)[C@@H](OC(=O)c1ccccc1)[C@H](/C=N\I)OC(=O)c1ccccc1)c1ccccc1. The Bertz CT molecular complexity index is 1140. The third kappa shape index (κ3) is 7.72. The van der Waals surface area contributed by atoms with E-state index >= 15 is 0 Å². The van der Waals surface area contributed by atoms with Crippen molar-refractivity contribution >= 4 is 47.0 Å². The van der Waals surface area contributed by atoms with Gasteiger partial charge in [0, 0.05) is 0 Å². The molecule has 0 amide bonds. The zero-order valence-corrected chi connectivity index (χ0v) is 20.6. The van der Waals surface area contributed by atoms with Crippen molar-refractivity contribution in [3.05, 3.63) is 108 Å². The van der Waals surface area contributed by atoms with Crippen LogP contribution >= 0.6 is 22.9 Å². The van der Waals surface area contributed by atoms with E-state index in [1.54, 1.807) is 114 Å². The van der Waals surface area contributed by atoms with E-state index in [1.807, 2.05) is 0 Å². The van der Waals surface area contributed by atoms with Crippen LogP contribution in [0, 0.1) is 0 Å². The van der Waals surface area contributed by atoms with Crippen LogP contribution in [0.4, 0.5) is 0 Å². The van der Waals surface area contributed by atoms with Crippen molar-refractivity contribution in [3.63, 3.8) is 0 Å². The van der Waals surface area contributed by atoms with Crippen molar-refractivity contribution in [2.45, 2.75) is 18.3 Å². The molecule has 0 saturated carbocycles. The second kappa shape index (κ2) is 13.4. The van der Waals surface area contributed by atoms with Gasteiger partial charge in [0.25, 0.3) is 0 Å². The zero-order valence-electron chi connectivity index (χ0n) is 18.4. The summed E-state index contributed by atoms with van der Waals surface area (Å²) in [7, 11) is 0. The van der Waals surface area contributed by atoms with Gasteiger partial charge in [-0.3, -0.25) is 0 Å². The van der Waals surface area contributed by atoms with Gasteiger partial charge < -0.3 is 19.3 Å². The molecule has 35 heavy (non-hydrogen) atoms. The second-order valence-corrected chi connectivity index (χ2v) is 7.81. The van der Waals surface area contributed by atoms with E-state index in [1.165, 1.54) is 6.21 Å². The first-order valence-corrected chi connectivity index (χ1v) is 11.5. The lowest BCUT2D eigenvalue weighted by Crippen LogP contribution is -2.46. The van der Waals surface area contributed by atoms with Crippen LogP contribution in [0.3, 0.4) is 0 Å². The lowest BCUT2D eigenvalue weighted by atomic mass is 10.1. The first-order valence-electron chi connectivity index (χ1n) is 10.6. The predicted octanol–water partition coefficient (Wildman–Crippen LogP) is 4.08. The van der Waals surface area contributed by atoms with Gasteiger partial charge in [0.2, 0.25) is 0 Å². The Morgan fingerprint density at radius 1 is 0.743 bits per heavy atom. The van der Waals surface area contributed by atoms with Gasteiger partial charge >= 0.3 is 17.9 Å². The van der Waals surface area contributed by atoms with Crippen LogP contribution in [0.15, 0.2) is 94.2 Å². The minimum atomic E-state index is -1.53. The summed E-state index contributed by atoms with van der Waals surface area (Å²) < 4.78 is 20.1. The summed E-state index contributed by atoms with van der Waals surface area (Å²) >= 11 is 1.68. The fraction of sp³-hybridized carbons (Fsp3) is 0.154. The molecule has 0 aliphatic heterocycles. The van der Waals surface area contributed by atoms with E-state index < -0.39 is 42.8 Å². The van der Waals surface area contributed by atoms with Crippen molar-refractivity contribution < 1.29 is 33.7 Å². The van der Waals surface area contributed by atoms with Gasteiger partial charge in [0.1, 0.15) is 12.7 Å². The smallest absolute Gasteiger partial charge is 0.338 e. The second-order valence-electron chi connectivity index (χ2n) is 7.25. The first kappa shape index (κ1) is 26.0. The molecular weight excluding hydrogens is 565 g/mol. The summed E-state index contributed by atoms with van der Waals surface area (Å²) in [6, 6.07) is 24.6. The highest BCUT2D eigenvalue weighted by molar-refractivity contribution is 14.1. The van der Waals surface area contributed by atoms with Crippen molar-refractivity contribution in [2.75, 3.05) is 6.61 Å². The summed E-state index contributed by atoms with van der Waals surface area (Å²) in [5.74, 6) is -2.13. The van der Waals surface area contributed by atoms with Crippen molar-refractivity contribution in [1.29, 1.82) is 0 Å². The van der Waals surface area contributed by atoms with Gasteiger partial charge in [-0.2, -0.15) is 0 Å². The standard InChI is InChI=1S/C26H22INO7/c27-28-16-22(34-25(31)19-12-6-2-7-13-19)23(35-26(32)20-14-8-3-9-15-20)21(29)17-33-24(30)18-10-4-1-5-11-18/h1-16,21-23,29H,17H2/b28-16-/t21-,22-,23+/m0/s1. The Hall–Kier alpha value is -3.57. The maximum Gasteiger partial charge on any atom is 0.338 e. The third-order valence-electron chi connectivity index (χ3n) is 4.81. The number of nitrogens with zero attached hydrogens (tertiary/aromatic N) is 1. The molecule has 3 rings (SSSR count). The van der Waals surface area contributed by atoms with Crippen LogP contribution in [-0.2, 0) is 14.2 Å². The van der Waals surface area contributed by atoms with E-state index in [-0.39, 0.29) is 11.1 Å². The largest absolute Gasteiger partial charge is 0.459 e. The lowest BCUT2D eigenvalue weighted by molar-refractivity contribution is -0.0779. The fourth-order valence-corrected chi connectivity index (χ4v) is 3.36. The summed E-state index contributed by atoms with van der Waals surface area (Å²) in [6.45, 7) is -0.519. The highest BCUT2D eigenvalue weighted by atomic mass is 127. The molecule has 0 aliphatic carbocycles. The highest BCUT2D eigenvalue weighted by Crippen LogP contribution is 2.16. The van der Waals surface area contributed by atoms with E-state index in [4.69, 9.17) is 14.2 Å². The molecule has 8 nitrogen and oxygen atoms in total. The van der Waals surface area contributed by atoms with E-state index in [9.17, 15) is 19.5 Å². The number of benzene rings is 3. The fourth-order valence-electron chi connectivity index (χ4n) is 3.05. The first-order chi connectivity index (χ1) is 17.0. The minimum absolute atomic E-state index is 0.227. The monoisotopic (exact) mass is 587 g/mol. The molecule has 0 saturated heterocycles. The van der Waals surface area contributed by atoms with Crippen LogP contribution in [0.25, 0.3) is 0 Å². The molecule has 0 radical (unpaired) electrons. The number of esters is 3. The molecule has 0 unspecified atom stereocenters. The van der Waals surface area contributed by atoms with Gasteiger partial charge in [0.05, 0.1) is 45.8 Å². The molecule has 0 aromatic heterocycles. The Balaban J connectivity index is 1.80. The van der Waals surface area contributed by atoms with Gasteiger partial charge in [-0.15, -0.1) is 0 Å². The average molecular weight is 587 g/mol. The number of hydrogen-bond acceptors (Lipinski definition) is 8. The van der Waals surface area contributed by atoms with E-state index in [0.717, 1.165) is 0 Å². The molecule has 0 spiro atoms. The Kier molecular flexibility index (Phi) is 9.93. The Morgan fingerprint density at radius 2 is 1.17 bits per heavy atom. The maximum absolute atomic E-state index is 12.8. The number of halogens is 1. The molecular formula is C26H22INO7. The van der Waals surface area contributed by atoms with Crippen LogP contribution in [0.2, 0.25) is 0 Å². The number of aliphatic hydroxyl groups is 1. The molecule has 0 fully saturated rings. The number of ether oxygens (including phenoxy) is 3. The summed E-state index contributed by atoms with van der Waals surface area (Å²) in [4.78, 5) is 37.7. The average Bonchev–Trinajstić information content (AvgIpc) is 2.91. The molecule has 3 atom stereocenters. The van der Waals surface area contributed by atoms with Crippen LogP contribution in [0.1, 0.15) is 31.1 Å². The summed E-state index contributed by atoms with van der Waals surface area (Å²) in [5.41, 5.74) is 0.779. The number of hydrogen-bond donors (Lipinski definition) is 1. The number of carbonyl (C=O) groups is 3. The quantitative estimate of drug-likeness (QED) is 0.165. The molecule has 0 heterocycles. The molecule has 0 bridgehead atoms. The normalized spacial score (nSPS) is 13.4.